The standard InChI is InChI=1S/C22H26FN5O/c1-15(2)14-20-25-19-8-5-11-24-21(19)28(20)16-9-12-27(13-10-16)22(29)26-18-7-4-3-6-17(18)23/h3-8,11,15-16H,9-10,12-14H2,1-2H3,(H,26,29). The van der Waals surface area contributed by atoms with Gasteiger partial charge in [-0.25, -0.2) is 19.2 Å². The minimum absolute atomic E-state index is 0.212. The Morgan fingerprint density at radius 2 is 1.97 bits per heavy atom. The van der Waals surface area contributed by atoms with Crippen molar-refractivity contribution in [3.05, 3.63) is 54.2 Å². The maximum Gasteiger partial charge on any atom is 0.321 e. The van der Waals surface area contributed by atoms with Crippen LogP contribution in [-0.2, 0) is 6.42 Å². The molecular weight excluding hydrogens is 369 g/mol. The number of aromatic nitrogens is 3. The van der Waals surface area contributed by atoms with Crippen molar-refractivity contribution in [1.82, 2.24) is 19.4 Å². The van der Waals surface area contributed by atoms with E-state index in [1.54, 1.807) is 29.3 Å². The van der Waals surface area contributed by atoms with Crippen LogP contribution in [0.2, 0.25) is 0 Å². The van der Waals surface area contributed by atoms with E-state index >= 15 is 0 Å². The molecule has 0 bridgehead atoms. The number of hydrogen-bond donors (Lipinski definition) is 1. The number of para-hydroxylation sites is 1. The van der Waals surface area contributed by atoms with Gasteiger partial charge in [-0.05, 0) is 43.0 Å². The Bertz CT molecular complexity index is 1010. The smallest absolute Gasteiger partial charge is 0.321 e. The molecule has 1 saturated heterocycles. The number of likely N-dealkylation sites (tertiary alicyclic amines) is 1. The minimum atomic E-state index is -0.426. The number of rotatable bonds is 4. The molecule has 0 atom stereocenters. The van der Waals surface area contributed by atoms with E-state index in [2.05, 4.69) is 28.7 Å². The van der Waals surface area contributed by atoms with Gasteiger partial charge in [0.2, 0.25) is 0 Å². The fraction of sp³-hybridized carbons (Fsp3) is 0.409. The lowest BCUT2D eigenvalue weighted by Crippen LogP contribution is -2.41. The van der Waals surface area contributed by atoms with Crippen molar-refractivity contribution in [2.45, 2.75) is 39.2 Å². The molecule has 0 spiro atoms. The molecule has 0 radical (unpaired) electrons. The number of imidazole rings is 1. The lowest BCUT2D eigenvalue weighted by Gasteiger charge is -2.33. The van der Waals surface area contributed by atoms with E-state index in [0.29, 0.717) is 19.0 Å². The van der Waals surface area contributed by atoms with E-state index in [0.717, 1.165) is 36.3 Å². The molecule has 1 N–H and O–H groups in total. The van der Waals surface area contributed by atoms with Crippen molar-refractivity contribution in [3.63, 3.8) is 0 Å². The number of halogens is 1. The SMILES string of the molecule is CC(C)Cc1nc2cccnc2n1C1CCN(C(=O)Nc2ccccc2F)CC1. The van der Waals surface area contributed by atoms with Gasteiger partial charge in [-0.3, -0.25) is 0 Å². The second-order valence-corrected chi connectivity index (χ2v) is 7.97. The number of benzene rings is 1. The van der Waals surface area contributed by atoms with E-state index < -0.39 is 5.82 Å². The average molecular weight is 395 g/mol. The van der Waals surface area contributed by atoms with Gasteiger partial charge in [0, 0.05) is 31.7 Å². The third-order valence-corrected chi connectivity index (χ3v) is 5.34. The zero-order chi connectivity index (χ0) is 20.4. The zero-order valence-corrected chi connectivity index (χ0v) is 16.8. The molecule has 3 aromatic rings. The molecule has 7 heteroatoms. The molecule has 2 amide bonds. The molecule has 3 heterocycles. The van der Waals surface area contributed by atoms with Crippen LogP contribution >= 0.6 is 0 Å². The number of fused-ring (bicyclic) bond motifs is 1. The van der Waals surface area contributed by atoms with Gasteiger partial charge in [0.1, 0.15) is 17.2 Å². The fourth-order valence-electron chi connectivity index (χ4n) is 3.95. The molecule has 1 aromatic carbocycles. The first-order valence-corrected chi connectivity index (χ1v) is 10.1. The summed E-state index contributed by atoms with van der Waals surface area (Å²) in [6.07, 6.45) is 4.33. The second-order valence-electron chi connectivity index (χ2n) is 7.97. The Morgan fingerprint density at radius 3 is 2.69 bits per heavy atom. The van der Waals surface area contributed by atoms with Crippen LogP contribution in [0, 0.1) is 11.7 Å². The molecule has 152 valence electrons. The van der Waals surface area contributed by atoms with E-state index in [-0.39, 0.29) is 17.8 Å². The Morgan fingerprint density at radius 1 is 1.21 bits per heavy atom. The predicted molar refractivity (Wildman–Crippen MR) is 111 cm³/mol. The molecule has 29 heavy (non-hydrogen) atoms. The number of carbonyl (C=O) groups excluding carboxylic acids is 1. The molecule has 0 unspecified atom stereocenters. The number of piperidine rings is 1. The number of urea groups is 1. The highest BCUT2D eigenvalue weighted by Gasteiger charge is 2.27. The van der Waals surface area contributed by atoms with Crippen molar-refractivity contribution in [1.29, 1.82) is 0 Å². The molecule has 2 aromatic heterocycles. The van der Waals surface area contributed by atoms with Crippen LogP contribution in [0.25, 0.3) is 11.2 Å². The Hall–Kier alpha value is -2.96. The highest BCUT2D eigenvalue weighted by Crippen LogP contribution is 2.29. The second kappa shape index (κ2) is 8.19. The first-order valence-electron chi connectivity index (χ1n) is 10.1. The van der Waals surface area contributed by atoms with Crippen molar-refractivity contribution >= 4 is 22.9 Å². The van der Waals surface area contributed by atoms with E-state index in [4.69, 9.17) is 4.98 Å². The van der Waals surface area contributed by atoms with Gasteiger partial charge in [0.05, 0.1) is 5.69 Å². The summed E-state index contributed by atoms with van der Waals surface area (Å²) in [5.74, 6) is 1.13. The number of amides is 2. The molecule has 1 aliphatic heterocycles. The van der Waals surface area contributed by atoms with Crippen LogP contribution in [0.15, 0.2) is 42.6 Å². The maximum absolute atomic E-state index is 13.8. The van der Waals surface area contributed by atoms with E-state index in [1.165, 1.54) is 6.07 Å². The summed E-state index contributed by atoms with van der Waals surface area (Å²) in [5.41, 5.74) is 2.05. The van der Waals surface area contributed by atoms with Crippen molar-refractivity contribution < 1.29 is 9.18 Å². The first-order chi connectivity index (χ1) is 14.0. The maximum atomic E-state index is 13.8. The van der Waals surface area contributed by atoms with Crippen LogP contribution in [-0.4, -0.2) is 38.6 Å². The van der Waals surface area contributed by atoms with E-state index in [9.17, 15) is 9.18 Å². The van der Waals surface area contributed by atoms with Gasteiger partial charge in [0.15, 0.2) is 5.65 Å². The number of nitrogens with one attached hydrogen (secondary N) is 1. The molecule has 0 saturated carbocycles. The molecule has 0 aliphatic carbocycles. The number of carbonyl (C=O) groups is 1. The summed E-state index contributed by atoms with van der Waals surface area (Å²) in [7, 11) is 0. The molecule has 4 rings (SSSR count). The quantitative estimate of drug-likeness (QED) is 0.700. The highest BCUT2D eigenvalue weighted by atomic mass is 19.1. The third-order valence-electron chi connectivity index (χ3n) is 5.34. The molecule has 1 aliphatic rings. The summed E-state index contributed by atoms with van der Waals surface area (Å²) in [6.45, 7) is 5.59. The first kappa shape index (κ1) is 19.4. The fourth-order valence-corrected chi connectivity index (χ4v) is 3.95. The Kier molecular flexibility index (Phi) is 5.47. The normalized spacial score (nSPS) is 15.2. The summed E-state index contributed by atoms with van der Waals surface area (Å²) in [4.78, 5) is 23.7. The van der Waals surface area contributed by atoms with Crippen LogP contribution in [0.5, 0.6) is 0 Å². The summed E-state index contributed by atoms with van der Waals surface area (Å²) in [5, 5.41) is 2.68. The van der Waals surface area contributed by atoms with Crippen LogP contribution < -0.4 is 5.32 Å². The lowest BCUT2D eigenvalue weighted by atomic mass is 10.0. The van der Waals surface area contributed by atoms with Crippen LogP contribution in [0.4, 0.5) is 14.9 Å². The topological polar surface area (TPSA) is 63.1 Å². The van der Waals surface area contributed by atoms with Crippen molar-refractivity contribution in [2.75, 3.05) is 18.4 Å². The zero-order valence-electron chi connectivity index (χ0n) is 16.8. The average Bonchev–Trinajstić information content (AvgIpc) is 3.07. The van der Waals surface area contributed by atoms with Gasteiger partial charge in [0.25, 0.3) is 0 Å². The van der Waals surface area contributed by atoms with E-state index in [1.807, 2.05) is 12.1 Å². The van der Waals surface area contributed by atoms with Gasteiger partial charge >= 0.3 is 6.03 Å². The third kappa shape index (κ3) is 4.09. The number of pyridine rings is 1. The largest absolute Gasteiger partial charge is 0.324 e. The Balaban J connectivity index is 1.48. The molecule has 1 fully saturated rings. The van der Waals surface area contributed by atoms with Gasteiger partial charge in [-0.15, -0.1) is 0 Å². The van der Waals surface area contributed by atoms with Gasteiger partial charge in [-0.2, -0.15) is 0 Å². The Labute approximate surface area is 169 Å². The summed E-state index contributed by atoms with van der Waals surface area (Å²) in [6, 6.07) is 10.1. The van der Waals surface area contributed by atoms with Gasteiger partial charge < -0.3 is 14.8 Å². The highest BCUT2D eigenvalue weighted by molar-refractivity contribution is 5.89. The number of anilines is 1. The monoisotopic (exact) mass is 395 g/mol. The molecular formula is C22H26FN5O. The van der Waals surface area contributed by atoms with Crippen molar-refractivity contribution in [3.8, 4) is 0 Å². The predicted octanol–water partition coefficient (Wildman–Crippen LogP) is 4.64. The number of nitrogens with zero attached hydrogens (tertiary/aromatic N) is 4. The van der Waals surface area contributed by atoms with Crippen LogP contribution in [0.3, 0.4) is 0 Å². The minimum Gasteiger partial charge on any atom is -0.324 e. The van der Waals surface area contributed by atoms with Crippen molar-refractivity contribution in [2.24, 2.45) is 5.92 Å². The lowest BCUT2D eigenvalue weighted by molar-refractivity contribution is 0.183. The summed E-state index contributed by atoms with van der Waals surface area (Å²) >= 11 is 0. The van der Waals surface area contributed by atoms with Crippen LogP contribution in [0.1, 0.15) is 38.6 Å². The van der Waals surface area contributed by atoms with Gasteiger partial charge in [-0.1, -0.05) is 26.0 Å². The number of hydrogen-bond acceptors (Lipinski definition) is 3. The summed E-state index contributed by atoms with van der Waals surface area (Å²) < 4.78 is 16.1. The molecule has 6 nitrogen and oxygen atoms in total.